The van der Waals surface area contributed by atoms with Gasteiger partial charge in [-0.3, -0.25) is 9.59 Å². The van der Waals surface area contributed by atoms with E-state index in [9.17, 15) is 9.59 Å². The molecule has 112 valence electrons. The zero-order valence-electron chi connectivity index (χ0n) is 12.0. The molecule has 1 aromatic carbocycles. The van der Waals surface area contributed by atoms with Crippen molar-refractivity contribution in [2.45, 2.75) is 12.3 Å². The number of nitrogens with one attached hydrogen (secondary N) is 2. The van der Waals surface area contributed by atoms with Gasteiger partial charge in [-0.05, 0) is 23.8 Å². The van der Waals surface area contributed by atoms with Crippen LogP contribution in [0.2, 0.25) is 0 Å². The Morgan fingerprint density at radius 1 is 1.32 bits per heavy atom. The summed E-state index contributed by atoms with van der Waals surface area (Å²) in [4.78, 5) is 28.4. The molecule has 0 unspecified atom stereocenters. The van der Waals surface area contributed by atoms with E-state index in [1.807, 2.05) is 18.2 Å². The molecule has 0 saturated heterocycles. The summed E-state index contributed by atoms with van der Waals surface area (Å²) in [5, 5.41) is 5.56. The van der Waals surface area contributed by atoms with Crippen molar-refractivity contribution in [2.24, 2.45) is 0 Å². The molecule has 0 saturated carbocycles. The van der Waals surface area contributed by atoms with E-state index in [-0.39, 0.29) is 18.2 Å². The first kappa shape index (κ1) is 14.1. The summed E-state index contributed by atoms with van der Waals surface area (Å²) in [6, 6.07) is 10.7. The number of hydrogen-bond acceptors (Lipinski definition) is 4. The number of methoxy groups -OCH3 is 1. The maximum Gasteiger partial charge on any atom is 0.237 e. The molecule has 1 aliphatic heterocycles. The molecular weight excluding hydrogens is 282 g/mol. The van der Waals surface area contributed by atoms with Crippen molar-refractivity contribution in [3.05, 3.63) is 48.2 Å². The molecule has 2 N–H and O–H groups in total. The predicted molar refractivity (Wildman–Crippen MR) is 81.8 cm³/mol. The van der Waals surface area contributed by atoms with Gasteiger partial charge in [0, 0.05) is 18.3 Å². The highest BCUT2D eigenvalue weighted by molar-refractivity contribution is 6.05. The third-order valence-corrected chi connectivity index (χ3v) is 3.54. The van der Waals surface area contributed by atoms with Crippen molar-refractivity contribution in [3.63, 3.8) is 0 Å². The van der Waals surface area contributed by atoms with E-state index in [0.717, 1.165) is 5.56 Å². The quantitative estimate of drug-likeness (QED) is 0.909. The number of ether oxygens (including phenoxy) is 1. The third-order valence-electron chi connectivity index (χ3n) is 3.54. The van der Waals surface area contributed by atoms with Gasteiger partial charge in [0.25, 0.3) is 0 Å². The van der Waals surface area contributed by atoms with E-state index >= 15 is 0 Å². The SMILES string of the molecule is COc1ncccc1NC(=O)[C@H]1CC(=O)Nc2ccccc21. The van der Waals surface area contributed by atoms with Crippen LogP contribution in [0.5, 0.6) is 5.88 Å². The fraction of sp³-hybridized carbons (Fsp3) is 0.188. The number of benzene rings is 1. The van der Waals surface area contributed by atoms with Gasteiger partial charge in [-0.2, -0.15) is 0 Å². The van der Waals surface area contributed by atoms with E-state index in [1.165, 1.54) is 7.11 Å². The van der Waals surface area contributed by atoms with Crippen molar-refractivity contribution < 1.29 is 14.3 Å². The molecule has 1 aromatic heterocycles. The molecule has 2 amide bonds. The van der Waals surface area contributed by atoms with Crippen LogP contribution >= 0.6 is 0 Å². The van der Waals surface area contributed by atoms with Crippen molar-refractivity contribution in [1.82, 2.24) is 4.98 Å². The predicted octanol–water partition coefficient (Wildman–Crippen LogP) is 2.15. The lowest BCUT2D eigenvalue weighted by atomic mass is 9.90. The first-order valence-electron chi connectivity index (χ1n) is 6.87. The van der Waals surface area contributed by atoms with E-state index in [0.29, 0.717) is 17.3 Å². The molecule has 0 spiro atoms. The second kappa shape index (κ2) is 5.85. The Morgan fingerprint density at radius 2 is 2.14 bits per heavy atom. The molecule has 0 bridgehead atoms. The largest absolute Gasteiger partial charge is 0.480 e. The van der Waals surface area contributed by atoms with Gasteiger partial charge in [0.1, 0.15) is 5.69 Å². The summed E-state index contributed by atoms with van der Waals surface area (Å²) in [6.45, 7) is 0. The van der Waals surface area contributed by atoms with E-state index < -0.39 is 5.92 Å². The number of rotatable bonds is 3. The van der Waals surface area contributed by atoms with Gasteiger partial charge in [0.05, 0.1) is 13.0 Å². The number of pyridine rings is 1. The van der Waals surface area contributed by atoms with Crippen LogP contribution in [-0.2, 0) is 9.59 Å². The number of fused-ring (bicyclic) bond motifs is 1. The summed E-state index contributed by atoms with van der Waals surface area (Å²) in [7, 11) is 1.49. The Hall–Kier alpha value is -2.89. The number of carbonyl (C=O) groups excluding carboxylic acids is 2. The van der Waals surface area contributed by atoms with Gasteiger partial charge in [-0.1, -0.05) is 18.2 Å². The standard InChI is InChI=1S/C16H15N3O3/c1-22-16-13(7-4-8-17-16)19-15(21)11-9-14(20)18-12-6-3-2-5-10(11)12/h2-8,11H,9H2,1H3,(H,18,20)(H,19,21)/t11-/m0/s1. The maximum atomic E-state index is 12.6. The van der Waals surface area contributed by atoms with Gasteiger partial charge >= 0.3 is 0 Å². The lowest BCUT2D eigenvalue weighted by Gasteiger charge is -2.24. The smallest absolute Gasteiger partial charge is 0.237 e. The maximum absolute atomic E-state index is 12.6. The highest BCUT2D eigenvalue weighted by atomic mass is 16.5. The van der Waals surface area contributed by atoms with E-state index in [4.69, 9.17) is 4.74 Å². The minimum absolute atomic E-state index is 0.116. The average Bonchev–Trinajstić information content (AvgIpc) is 2.54. The third kappa shape index (κ3) is 2.63. The zero-order valence-corrected chi connectivity index (χ0v) is 12.0. The van der Waals surface area contributed by atoms with Crippen LogP contribution in [0, 0.1) is 0 Å². The highest BCUT2D eigenvalue weighted by Crippen LogP contribution is 2.33. The Labute approximate surface area is 127 Å². The van der Waals surface area contributed by atoms with Gasteiger partial charge in [0.15, 0.2) is 0 Å². The lowest BCUT2D eigenvalue weighted by molar-refractivity contribution is -0.123. The number of carbonyl (C=O) groups is 2. The molecule has 0 radical (unpaired) electrons. The Kier molecular flexibility index (Phi) is 3.74. The van der Waals surface area contributed by atoms with Crippen LogP contribution in [0.1, 0.15) is 17.9 Å². The van der Waals surface area contributed by atoms with E-state index in [2.05, 4.69) is 15.6 Å². The molecule has 0 aliphatic carbocycles. The number of hydrogen-bond donors (Lipinski definition) is 2. The number of anilines is 2. The Morgan fingerprint density at radius 3 is 2.95 bits per heavy atom. The summed E-state index contributed by atoms with van der Waals surface area (Å²) in [5.74, 6) is -0.620. The molecular formula is C16H15N3O3. The van der Waals surface area contributed by atoms with Crippen molar-refractivity contribution in [2.75, 3.05) is 17.7 Å². The van der Waals surface area contributed by atoms with Crippen LogP contribution in [0.3, 0.4) is 0 Å². The number of aromatic nitrogens is 1. The van der Waals surface area contributed by atoms with Crippen molar-refractivity contribution >= 4 is 23.2 Å². The fourth-order valence-electron chi connectivity index (χ4n) is 2.51. The molecule has 6 nitrogen and oxygen atoms in total. The van der Waals surface area contributed by atoms with Gasteiger partial charge in [-0.25, -0.2) is 4.98 Å². The zero-order chi connectivity index (χ0) is 15.5. The van der Waals surface area contributed by atoms with E-state index in [1.54, 1.807) is 24.4 Å². The van der Waals surface area contributed by atoms with Crippen LogP contribution in [0.15, 0.2) is 42.6 Å². The Bertz CT molecular complexity index is 730. The average molecular weight is 297 g/mol. The van der Waals surface area contributed by atoms with Crippen molar-refractivity contribution in [3.8, 4) is 5.88 Å². The highest BCUT2D eigenvalue weighted by Gasteiger charge is 2.30. The molecule has 2 aromatic rings. The molecule has 6 heteroatoms. The minimum Gasteiger partial charge on any atom is -0.480 e. The molecule has 1 aliphatic rings. The van der Waals surface area contributed by atoms with Gasteiger partial charge < -0.3 is 15.4 Å². The molecule has 0 fully saturated rings. The van der Waals surface area contributed by atoms with Crippen LogP contribution < -0.4 is 15.4 Å². The number of nitrogens with zero attached hydrogens (tertiary/aromatic N) is 1. The molecule has 1 atom stereocenters. The summed E-state index contributed by atoms with van der Waals surface area (Å²) >= 11 is 0. The van der Waals surface area contributed by atoms with Gasteiger partial charge in [0.2, 0.25) is 17.7 Å². The molecule has 22 heavy (non-hydrogen) atoms. The van der Waals surface area contributed by atoms with Gasteiger partial charge in [-0.15, -0.1) is 0 Å². The minimum atomic E-state index is -0.533. The normalized spacial score (nSPS) is 16.4. The second-order valence-electron chi connectivity index (χ2n) is 4.94. The second-order valence-corrected chi connectivity index (χ2v) is 4.94. The first-order valence-corrected chi connectivity index (χ1v) is 6.87. The number of amides is 2. The monoisotopic (exact) mass is 297 g/mol. The molecule has 2 heterocycles. The summed E-state index contributed by atoms with van der Waals surface area (Å²) in [6.07, 6.45) is 1.70. The summed E-state index contributed by atoms with van der Waals surface area (Å²) < 4.78 is 5.12. The topological polar surface area (TPSA) is 80.3 Å². The summed E-state index contributed by atoms with van der Waals surface area (Å²) in [5.41, 5.74) is 1.97. The van der Waals surface area contributed by atoms with Crippen LogP contribution in [0.25, 0.3) is 0 Å². The van der Waals surface area contributed by atoms with Crippen molar-refractivity contribution in [1.29, 1.82) is 0 Å². The fourth-order valence-corrected chi connectivity index (χ4v) is 2.51. The Balaban J connectivity index is 1.88. The lowest BCUT2D eigenvalue weighted by Crippen LogP contribution is -2.30. The first-order chi connectivity index (χ1) is 10.7. The van der Waals surface area contributed by atoms with Crippen LogP contribution in [-0.4, -0.2) is 23.9 Å². The number of para-hydroxylation sites is 1. The van der Waals surface area contributed by atoms with Crippen LogP contribution in [0.4, 0.5) is 11.4 Å². The molecule has 3 rings (SSSR count).